The van der Waals surface area contributed by atoms with Gasteiger partial charge in [-0.3, -0.25) is 9.69 Å². The normalized spacial score (nSPS) is 22.0. The zero-order chi connectivity index (χ0) is 18.0. The Morgan fingerprint density at radius 1 is 1.16 bits per heavy atom. The van der Waals surface area contributed by atoms with E-state index in [0.717, 1.165) is 18.5 Å². The van der Waals surface area contributed by atoms with Gasteiger partial charge >= 0.3 is 6.09 Å². The zero-order valence-corrected chi connectivity index (χ0v) is 15.2. The van der Waals surface area contributed by atoms with Crippen LogP contribution in [0.1, 0.15) is 32.8 Å². The summed E-state index contributed by atoms with van der Waals surface area (Å²) in [6, 6.07) is 7.83. The largest absolute Gasteiger partial charge is 0.444 e. The number of hydrogen-bond donors (Lipinski definition) is 1. The van der Waals surface area contributed by atoms with Crippen molar-refractivity contribution in [3.05, 3.63) is 29.8 Å². The molecule has 136 valence electrons. The standard InChI is InChI=1S/C19H27N3O3/c1-19(2,3)25-18(24)22-12-10-21(11-13-22)16-9-8-14-6-4-5-7-15(14)20-17(16)23/h4-7,16H,8-13H2,1-3H3,(H,20,23)/t16-/m0/s1. The molecule has 0 radical (unpaired) electrons. The van der Waals surface area contributed by atoms with Gasteiger partial charge < -0.3 is 15.0 Å². The number of carbonyl (C=O) groups excluding carboxylic acids is 2. The number of ether oxygens (including phenoxy) is 1. The molecule has 1 atom stereocenters. The third-order valence-electron chi connectivity index (χ3n) is 4.67. The fourth-order valence-electron chi connectivity index (χ4n) is 3.39. The van der Waals surface area contributed by atoms with E-state index in [2.05, 4.69) is 16.3 Å². The lowest BCUT2D eigenvalue weighted by Gasteiger charge is -2.38. The van der Waals surface area contributed by atoms with Crippen LogP contribution in [0.2, 0.25) is 0 Å². The van der Waals surface area contributed by atoms with Crippen molar-refractivity contribution in [1.82, 2.24) is 9.80 Å². The third kappa shape index (κ3) is 4.31. The highest BCUT2D eigenvalue weighted by atomic mass is 16.6. The molecule has 1 aromatic carbocycles. The van der Waals surface area contributed by atoms with E-state index in [1.165, 1.54) is 5.56 Å². The number of aryl methyl sites for hydroxylation is 1. The number of piperazine rings is 1. The highest BCUT2D eigenvalue weighted by molar-refractivity contribution is 5.96. The van der Waals surface area contributed by atoms with Crippen LogP contribution in [0.15, 0.2) is 24.3 Å². The van der Waals surface area contributed by atoms with Crippen molar-refractivity contribution < 1.29 is 14.3 Å². The summed E-state index contributed by atoms with van der Waals surface area (Å²) in [6.45, 7) is 8.16. The number of nitrogens with zero attached hydrogens (tertiary/aromatic N) is 2. The van der Waals surface area contributed by atoms with Gasteiger partial charge in [0.15, 0.2) is 0 Å². The molecule has 0 unspecified atom stereocenters. The van der Waals surface area contributed by atoms with Crippen molar-refractivity contribution in [3.63, 3.8) is 0 Å². The van der Waals surface area contributed by atoms with Crippen LogP contribution in [0.4, 0.5) is 10.5 Å². The van der Waals surface area contributed by atoms with Gasteiger partial charge in [0.25, 0.3) is 0 Å². The van der Waals surface area contributed by atoms with Crippen LogP contribution in [-0.2, 0) is 16.0 Å². The second kappa shape index (κ2) is 7.04. The second-order valence-electron chi connectivity index (χ2n) is 7.70. The molecule has 2 aliphatic rings. The van der Waals surface area contributed by atoms with E-state index in [1.54, 1.807) is 4.90 Å². The van der Waals surface area contributed by atoms with Gasteiger partial charge in [-0.25, -0.2) is 4.79 Å². The first-order chi connectivity index (χ1) is 11.8. The van der Waals surface area contributed by atoms with E-state index in [9.17, 15) is 9.59 Å². The molecule has 6 nitrogen and oxygen atoms in total. The minimum atomic E-state index is -0.485. The van der Waals surface area contributed by atoms with Crippen LogP contribution >= 0.6 is 0 Å². The lowest BCUT2D eigenvalue weighted by atomic mass is 10.0. The summed E-state index contributed by atoms with van der Waals surface area (Å²) in [5.41, 5.74) is 1.62. The summed E-state index contributed by atoms with van der Waals surface area (Å²) in [5, 5.41) is 3.05. The van der Waals surface area contributed by atoms with Crippen LogP contribution in [-0.4, -0.2) is 59.6 Å². The molecule has 0 saturated carbocycles. The molecule has 6 heteroatoms. The molecule has 1 saturated heterocycles. The fraction of sp³-hybridized carbons (Fsp3) is 0.579. The number of benzene rings is 1. The molecular weight excluding hydrogens is 318 g/mol. The SMILES string of the molecule is CC(C)(C)OC(=O)N1CCN([C@H]2CCc3ccccc3NC2=O)CC1. The van der Waals surface area contributed by atoms with Crippen molar-refractivity contribution in [3.8, 4) is 0 Å². The van der Waals surface area contributed by atoms with Crippen molar-refractivity contribution in [2.75, 3.05) is 31.5 Å². The topological polar surface area (TPSA) is 61.9 Å². The van der Waals surface area contributed by atoms with Crippen molar-refractivity contribution in [2.24, 2.45) is 0 Å². The Morgan fingerprint density at radius 2 is 1.84 bits per heavy atom. The van der Waals surface area contributed by atoms with Crippen LogP contribution in [0.3, 0.4) is 0 Å². The highest BCUT2D eigenvalue weighted by Crippen LogP contribution is 2.24. The summed E-state index contributed by atoms with van der Waals surface area (Å²) in [4.78, 5) is 28.7. The van der Waals surface area contributed by atoms with E-state index < -0.39 is 5.60 Å². The number of nitrogens with one attached hydrogen (secondary N) is 1. The van der Waals surface area contributed by atoms with Crippen LogP contribution < -0.4 is 5.32 Å². The molecular formula is C19H27N3O3. The quantitative estimate of drug-likeness (QED) is 0.849. The van der Waals surface area contributed by atoms with Gasteiger partial charge in [0.05, 0.1) is 6.04 Å². The Labute approximate surface area is 149 Å². The Hall–Kier alpha value is -2.08. The van der Waals surface area contributed by atoms with Crippen LogP contribution in [0, 0.1) is 0 Å². The number of carbonyl (C=O) groups is 2. The molecule has 1 fully saturated rings. The van der Waals surface area contributed by atoms with Crippen molar-refractivity contribution in [2.45, 2.75) is 45.3 Å². The smallest absolute Gasteiger partial charge is 0.410 e. The van der Waals surface area contributed by atoms with Gasteiger partial charge in [-0.2, -0.15) is 0 Å². The minimum absolute atomic E-state index is 0.0515. The molecule has 3 rings (SSSR count). The molecule has 0 bridgehead atoms. The minimum Gasteiger partial charge on any atom is -0.444 e. The van der Waals surface area contributed by atoms with E-state index in [1.807, 2.05) is 39.0 Å². The van der Waals surface area contributed by atoms with Gasteiger partial charge in [-0.1, -0.05) is 18.2 Å². The number of para-hydroxylation sites is 1. The number of rotatable bonds is 1. The van der Waals surface area contributed by atoms with Crippen molar-refractivity contribution >= 4 is 17.7 Å². The number of anilines is 1. The number of fused-ring (bicyclic) bond motifs is 1. The Balaban J connectivity index is 1.58. The molecule has 0 aromatic heterocycles. The third-order valence-corrected chi connectivity index (χ3v) is 4.67. The Kier molecular flexibility index (Phi) is 4.99. The average molecular weight is 345 g/mol. The summed E-state index contributed by atoms with van der Waals surface area (Å²) < 4.78 is 5.43. The predicted octanol–water partition coefficient (Wildman–Crippen LogP) is 2.49. The zero-order valence-electron chi connectivity index (χ0n) is 15.2. The van der Waals surface area contributed by atoms with Gasteiger partial charge in [0, 0.05) is 31.9 Å². The summed E-state index contributed by atoms with van der Waals surface area (Å²) in [6.07, 6.45) is 1.41. The maximum atomic E-state index is 12.6. The van der Waals surface area contributed by atoms with Gasteiger partial charge in [0.2, 0.25) is 5.91 Å². The monoisotopic (exact) mass is 345 g/mol. The van der Waals surface area contributed by atoms with Gasteiger partial charge in [-0.05, 0) is 45.2 Å². The maximum absolute atomic E-state index is 12.6. The summed E-state index contributed by atoms with van der Waals surface area (Å²) >= 11 is 0. The van der Waals surface area contributed by atoms with Crippen LogP contribution in [0.5, 0.6) is 0 Å². The lowest BCUT2D eigenvalue weighted by Crippen LogP contribution is -2.55. The first kappa shape index (κ1) is 17.7. The highest BCUT2D eigenvalue weighted by Gasteiger charge is 2.33. The second-order valence-corrected chi connectivity index (χ2v) is 7.70. The average Bonchev–Trinajstić information content (AvgIpc) is 2.71. The Bertz CT molecular complexity index is 646. The van der Waals surface area contributed by atoms with Gasteiger partial charge in [0.1, 0.15) is 5.60 Å². The first-order valence-corrected chi connectivity index (χ1v) is 8.94. The van der Waals surface area contributed by atoms with E-state index >= 15 is 0 Å². The molecule has 2 amide bonds. The first-order valence-electron chi connectivity index (χ1n) is 8.94. The lowest BCUT2D eigenvalue weighted by molar-refractivity contribution is -0.122. The van der Waals surface area contributed by atoms with Gasteiger partial charge in [-0.15, -0.1) is 0 Å². The van der Waals surface area contributed by atoms with Crippen molar-refractivity contribution in [1.29, 1.82) is 0 Å². The predicted molar refractivity (Wildman–Crippen MR) is 96.6 cm³/mol. The molecule has 0 aliphatic carbocycles. The Morgan fingerprint density at radius 3 is 2.52 bits per heavy atom. The maximum Gasteiger partial charge on any atom is 0.410 e. The van der Waals surface area contributed by atoms with E-state index in [0.29, 0.717) is 26.2 Å². The molecule has 25 heavy (non-hydrogen) atoms. The molecule has 2 heterocycles. The molecule has 2 aliphatic heterocycles. The molecule has 1 aromatic rings. The summed E-state index contributed by atoms with van der Waals surface area (Å²) in [5.74, 6) is 0.0515. The van der Waals surface area contributed by atoms with E-state index in [-0.39, 0.29) is 18.0 Å². The summed E-state index contributed by atoms with van der Waals surface area (Å²) in [7, 11) is 0. The molecule has 0 spiro atoms. The fourth-order valence-corrected chi connectivity index (χ4v) is 3.39. The van der Waals surface area contributed by atoms with E-state index in [4.69, 9.17) is 4.74 Å². The molecule has 1 N–H and O–H groups in total. The van der Waals surface area contributed by atoms with Crippen LogP contribution in [0.25, 0.3) is 0 Å². The number of hydrogen-bond acceptors (Lipinski definition) is 4. The number of amides is 2.